The van der Waals surface area contributed by atoms with Crippen LogP contribution in [0.25, 0.3) is 22.5 Å². The van der Waals surface area contributed by atoms with E-state index in [0.29, 0.717) is 32.7 Å². The molecule has 2 heterocycles. The van der Waals surface area contributed by atoms with Gasteiger partial charge in [-0.1, -0.05) is 42.1 Å². The third-order valence-corrected chi connectivity index (χ3v) is 6.94. The number of aromatic nitrogens is 3. The molecule has 4 aromatic rings. The minimum Gasteiger partial charge on any atom is -0.465 e. The minimum atomic E-state index is -2.90. The van der Waals surface area contributed by atoms with E-state index >= 15 is 0 Å². The largest absolute Gasteiger partial charge is 0.465 e. The summed E-state index contributed by atoms with van der Waals surface area (Å²) in [6.07, 6.45) is 0. The molecule has 1 N–H and O–H groups in total. The Morgan fingerprint density at radius 3 is 2.47 bits per heavy atom. The number of thiophene rings is 1. The first-order valence-corrected chi connectivity index (χ1v) is 12.4. The molecule has 0 unspecified atom stereocenters. The van der Waals surface area contributed by atoms with Gasteiger partial charge in [0.05, 0.1) is 12.9 Å². The van der Waals surface area contributed by atoms with Gasteiger partial charge in [0.1, 0.15) is 16.3 Å². The van der Waals surface area contributed by atoms with Crippen molar-refractivity contribution in [2.75, 3.05) is 18.2 Å². The number of thioether (sulfide) groups is 1. The summed E-state index contributed by atoms with van der Waals surface area (Å²) in [4.78, 5) is 25.2. The number of ether oxygens (including phenoxy) is 2. The molecule has 1 amide bonds. The van der Waals surface area contributed by atoms with Crippen LogP contribution in [0.5, 0.6) is 5.75 Å². The van der Waals surface area contributed by atoms with Crippen molar-refractivity contribution in [3.63, 3.8) is 0 Å². The molecule has 0 aliphatic carbocycles. The monoisotopic (exact) mass is 530 g/mol. The van der Waals surface area contributed by atoms with Crippen molar-refractivity contribution in [2.45, 2.75) is 11.8 Å². The molecular weight excluding hydrogens is 510 g/mol. The molecular formula is C24H20F2N4O4S2. The van der Waals surface area contributed by atoms with Crippen molar-refractivity contribution in [3.8, 4) is 28.3 Å². The highest BCUT2D eigenvalue weighted by atomic mass is 32.2. The van der Waals surface area contributed by atoms with Crippen LogP contribution in [-0.4, -0.2) is 46.1 Å². The predicted octanol–water partition coefficient (Wildman–Crippen LogP) is 5.33. The van der Waals surface area contributed by atoms with Crippen LogP contribution in [-0.2, 0) is 16.6 Å². The molecule has 0 radical (unpaired) electrons. The van der Waals surface area contributed by atoms with Crippen LogP contribution in [0.15, 0.2) is 65.1 Å². The van der Waals surface area contributed by atoms with E-state index < -0.39 is 12.6 Å². The van der Waals surface area contributed by atoms with Crippen LogP contribution in [0.1, 0.15) is 10.4 Å². The molecule has 0 aliphatic heterocycles. The molecule has 4 rings (SSSR count). The quantitative estimate of drug-likeness (QED) is 0.231. The Kier molecular flexibility index (Phi) is 7.96. The molecule has 0 atom stereocenters. The summed E-state index contributed by atoms with van der Waals surface area (Å²) in [6, 6.07) is 15.4. The maximum atomic E-state index is 12.7. The number of esters is 1. The first kappa shape index (κ1) is 25.3. The molecule has 0 aliphatic rings. The van der Waals surface area contributed by atoms with Gasteiger partial charge in [-0.05, 0) is 29.8 Å². The van der Waals surface area contributed by atoms with Crippen LogP contribution >= 0.6 is 23.1 Å². The van der Waals surface area contributed by atoms with Crippen LogP contribution in [0.3, 0.4) is 0 Å². The molecule has 0 bridgehead atoms. The lowest BCUT2D eigenvalue weighted by Crippen LogP contribution is -2.16. The summed E-state index contributed by atoms with van der Waals surface area (Å²) in [7, 11) is 3.03. The summed E-state index contributed by atoms with van der Waals surface area (Å²) in [5.74, 6) is -0.310. The zero-order chi connectivity index (χ0) is 25.7. The number of carbonyl (C=O) groups excluding carboxylic acids is 2. The van der Waals surface area contributed by atoms with E-state index in [0.717, 1.165) is 5.56 Å². The third-order valence-electron chi connectivity index (χ3n) is 5.02. The van der Waals surface area contributed by atoms with Gasteiger partial charge in [0.25, 0.3) is 0 Å². The highest BCUT2D eigenvalue weighted by Gasteiger charge is 2.22. The number of hydrogen-bond acceptors (Lipinski definition) is 8. The standard InChI is InChI=1S/C24H20F2N4O4S2/c1-30-20(15-8-10-16(11-9-15)34-23(25)26)28-29-24(30)36-13-18(31)27-21-19(22(32)33-2)17(12-35-21)14-6-4-3-5-7-14/h3-12,23H,13H2,1-2H3,(H,27,31). The number of nitrogens with zero attached hydrogens (tertiary/aromatic N) is 3. The maximum Gasteiger partial charge on any atom is 0.387 e. The Morgan fingerprint density at radius 1 is 1.08 bits per heavy atom. The normalized spacial score (nSPS) is 10.9. The number of amides is 1. The van der Waals surface area contributed by atoms with E-state index in [1.54, 1.807) is 29.1 Å². The molecule has 0 spiro atoms. The summed E-state index contributed by atoms with van der Waals surface area (Å²) in [5, 5.41) is 13.7. The first-order chi connectivity index (χ1) is 17.4. The van der Waals surface area contributed by atoms with Gasteiger partial charge in [0.15, 0.2) is 11.0 Å². The molecule has 2 aromatic carbocycles. The van der Waals surface area contributed by atoms with Crippen molar-refractivity contribution in [1.82, 2.24) is 14.8 Å². The smallest absolute Gasteiger partial charge is 0.387 e. The number of benzene rings is 2. The second kappa shape index (κ2) is 11.3. The fraction of sp³-hybridized carbons (Fsp3) is 0.167. The Morgan fingerprint density at radius 2 is 1.81 bits per heavy atom. The molecule has 0 fully saturated rings. The van der Waals surface area contributed by atoms with Crippen molar-refractivity contribution >= 4 is 40.0 Å². The van der Waals surface area contributed by atoms with Gasteiger partial charge in [0, 0.05) is 23.6 Å². The van der Waals surface area contributed by atoms with Crippen LogP contribution < -0.4 is 10.1 Å². The average molecular weight is 531 g/mol. The van der Waals surface area contributed by atoms with Crippen LogP contribution in [0.2, 0.25) is 0 Å². The lowest BCUT2D eigenvalue weighted by Gasteiger charge is -2.08. The molecule has 186 valence electrons. The van der Waals surface area contributed by atoms with E-state index in [4.69, 9.17) is 4.74 Å². The summed E-state index contributed by atoms with van der Waals surface area (Å²) < 4.78 is 35.7. The molecule has 0 saturated carbocycles. The second-order valence-electron chi connectivity index (χ2n) is 7.32. The average Bonchev–Trinajstić information content (AvgIpc) is 3.46. The highest BCUT2D eigenvalue weighted by Crippen LogP contribution is 2.36. The third kappa shape index (κ3) is 5.71. The number of carbonyl (C=O) groups is 2. The number of halogens is 2. The number of methoxy groups -OCH3 is 1. The zero-order valence-electron chi connectivity index (χ0n) is 19.1. The van der Waals surface area contributed by atoms with Gasteiger partial charge < -0.3 is 19.4 Å². The minimum absolute atomic E-state index is 0.0202. The fourth-order valence-corrected chi connectivity index (χ4v) is 5.04. The molecule has 0 saturated heterocycles. The van der Waals surface area contributed by atoms with E-state index in [9.17, 15) is 18.4 Å². The van der Waals surface area contributed by atoms with Crippen molar-refractivity contribution < 1.29 is 27.8 Å². The Hall–Kier alpha value is -3.77. The molecule has 36 heavy (non-hydrogen) atoms. The zero-order valence-corrected chi connectivity index (χ0v) is 20.7. The van der Waals surface area contributed by atoms with Crippen molar-refractivity contribution in [1.29, 1.82) is 0 Å². The molecule has 2 aromatic heterocycles. The maximum absolute atomic E-state index is 12.7. The number of alkyl halides is 2. The molecule has 8 nitrogen and oxygen atoms in total. The van der Waals surface area contributed by atoms with Crippen molar-refractivity contribution in [2.24, 2.45) is 7.05 Å². The van der Waals surface area contributed by atoms with E-state index in [-0.39, 0.29) is 17.4 Å². The van der Waals surface area contributed by atoms with E-state index in [2.05, 4.69) is 20.3 Å². The number of anilines is 1. The van der Waals surface area contributed by atoms with E-state index in [1.807, 2.05) is 30.3 Å². The number of rotatable bonds is 9. The lowest BCUT2D eigenvalue weighted by molar-refractivity contribution is -0.113. The van der Waals surface area contributed by atoms with Crippen molar-refractivity contribution in [3.05, 3.63) is 65.5 Å². The summed E-state index contributed by atoms with van der Waals surface area (Å²) >= 11 is 2.41. The topological polar surface area (TPSA) is 95.3 Å². The number of hydrogen-bond donors (Lipinski definition) is 1. The summed E-state index contributed by atoms with van der Waals surface area (Å²) in [6.45, 7) is -2.90. The van der Waals surface area contributed by atoms with Gasteiger partial charge in [0.2, 0.25) is 5.91 Å². The lowest BCUT2D eigenvalue weighted by atomic mass is 10.0. The number of nitrogens with one attached hydrogen (secondary N) is 1. The van der Waals surface area contributed by atoms with Gasteiger partial charge in [-0.25, -0.2) is 4.79 Å². The fourth-order valence-electron chi connectivity index (χ4n) is 3.36. The van der Waals surface area contributed by atoms with Crippen LogP contribution in [0, 0.1) is 0 Å². The summed E-state index contributed by atoms with van der Waals surface area (Å²) in [5.41, 5.74) is 2.47. The highest BCUT2D eigenvalue weighted by molar-refractivity contribution is 7.99. The van der Waals surface area contributed by atoms with E-state index in [1.165, 1.54) is 42.3 Å². The van der Waals surface area contributed by atoms with Gasteiger partial charge in [-0.15, -0.1) is 21.5 Å². The Balaban J connectivity index is 1.44. The predicted molar refractivity (Wildman–Crippen MR) is 134 cm³/mol. The van der Waals surface area contributed by atoms with Gasteiger partial charge >= 0.3 is 12.6 Å². The Labute approximate surface area is 213 Å². The second-order valence-corrected chi connectivity index (χ2v) is 9.14. The van der Waals surface area contributed by atoms with Crippen LogP contribution in [0.4, 0.5) is 13.8 Å². The van der Waals surface area contributed by atoms with Gasteiger partial charge in [-0.3, -0.25) is 4.79 Å². The SMILES string of the molecule is COC(=O)c1c(-c2ccccc2)csc1NC(=O)CSc1nnc(-c2ccc(OC(F)F)cc2)n1C. The van der Waals surface area contributed by atoms with Gasteiger partial charge in [-0.2, -0.15) is 8.78 Å². The molecule has 12 heteroatoms. The first-order valence-electron chi connectivity index (χ1n) is 10.5. The Bertz CT molecular complexity index is 1360.